The van der Waals surface area contributed by atoms with E-state index in [1.165, 1.54) is 29.6 Å². The third-order valence-corrected chi connectivity index (χ3v) is 4.94. The lowest BCUT2D eigenvalue weighted by Crippen LogP contribution is -2.13. The Balaban J connectivity index is 1.80. The second kappa shape index (κ2) is 7.58. The first-order chi connectivity index (χ1) is 12.5. The number of nitrogens with one attached hydrogen (secondary N) is 1. The van der Waals surface area contributed by atoms with Gasteiger partial charge in [0.25, 0.3) is 5.91 Å². The van der Waals surface area contributed by atoms with Crippen LogP contribution in [0, 0.1) is 13.8 Å². The highest BCUT2D eigenvalue weighted by atomic mass is 32.1. The SMILES string of the molecule is COc1ccc(C(=O)Nc2nc(-c3ccc(C)c(C)c3)cs2)c(OC)c1. The van der Waals surface area contributed by atoms with Crippen molar-refractivity contribution in [2.45, 2.75) is 13.8 Å². The number of benzene rings is 2. The highest BCUT2D eigenvalue weighted by Gasteiger charge is 2.15. The second-order valence-electron chi connectivity index (χ2n) is 5.86. The first kappa shape index (κ1) is 17.9. The smallest absolute Gasteiger partial charge is 0.261 e. The van der Waals surface area contributed by atoms with Crippen molar-refractivity contribution >= 4 is 22.4 Å². The third kappa shape index (κ3) is 3.70. The van der Waals surface area contributed by atoms with Crippen LogP contribution in [0.4, 0.5) is 5.13 Å². The van der Waals surface area contributed by atoms with Crippen LogP contribution in [0.3, 0.4) is 0 Å². The van der Waals surface area contributed by atoms with Gasteiger partial charge >= 0.3 is 0 Å². The molecule has 1 N–H and O–H groups in total. The summed E-state index contributed by atoms with van der Waals surface area (Å²) in [5.74, 6) is 0.808. The lowest BCUT2D eigenvalue weighted by atomic mass is 10.1. The van der Waals surface area contributed by atoms with Gasteiger partial charge in [0, 0.05) is 17.0 Å². The minimum atomic E-state index is -0.273. The Kier molecular flexibility index (Phi) is 5.23. The molecule has 134 valence electrons. The Morgan fingerprint density at radius 2 is 1.85 bits per heavy atom. The molecule has 26 heavy (non-hydrogen) atoms. The average molecular weight is 368 g/mol. The minimum absolute atomic E-state index is 0.273. The van der Waals surface area contributed by atoms with Gasteiger partial charge in [-0.2, -0.15) is 0 Å². The number of aromatic nitrogens is 1. The fraction of sp³-hybridized carbons (Fsp3) is 0.200. The van der Waals surface area contributed by atoms with Crippen molar-refractivity contribution in [3.05, 3.63) is 58.5 Å². The zero-order valence-corrected chi connectivity index (χ0v) is 15.9. The summed E-state index contributed by atoms with van der Waals surface area (Å²) >= 11 is 1.39. The van der Waals surface area contributed by atoms with Crippen molar-refractivity contribution in [3.8, 4) is 22.8 Å². The van der Waals surface area contributed by atoms with Crippen LogP contribution < -0.4 is 14.8 Å². The van der Waals surface area contributed by atoms with Gasteiger partial charge in [0.15, 0.2) is 5.13 Å². The van der Waals surface area contributed by atoms with Crippen molar-refractivity contribution in [3.63, 3.8) is 0 Å². The average Bonchev–Trinajstić information content (AvgIpc) is 3.11. The van der Waals surface area contributed by atoms with Gasteiger partial charge in [-0.05, 0) is 43.2 Å². The van der Waals surface area contributed by atoms with Crippen molar-refractivity contribution in [1.82, 2.24) is 4.98 Å². The van der Waals surface area contributed by atoms with Gasteiger partial charge in [-0.3, -0.25) is 10.1 Å². The van der Waals surface area contributed by atoms with E-state index >= 15 is 0 Å². The molecule has 2 aromatic carbocycles. The molecule has 3 aromatic rings. The molecular formula is C20H20N2O3S. The quantitative estimate of drug-likeness (QED) is 0.709. The van der Waals surface area contributed by atoms with Gasteiger partial charge in [0.05, 0.1) is 25.5 Å². The summed E-state index contributed by atoms with van der Waals surface area (Å²) < 4.78 is 10.4. The number of carbonyl (C=O) groups excluding carboxylic acids is 1. The summed E-state index contributed by atoms with van der Waals surface area (Å²) in [6, 6.07) is 11.3. The molecule has 0 spiro atoms. The van der Waals surface area contributed by atoms with Crippen LogP contribution in [0.2, 0.25) is 0 Å². The standard InChI is InChI=1S/C20H20N2O3S/c1-12-5-6-14(9-13(12)2)17-11-26-20(21-17)22-19(23)16-8-7-15(24-3)10-18(16)25-4/h5-11H,1-4H3,(H,21,22,23). The predicted octanol–water partition coefficient (Wildman–Crippen LogP) is 4.70. The van der Waals surface area contributed by atoms with Gasteiger partial charge in [-0.25, -0.2) is 4.98 Å². The molecule has 0 unspecified atom stereocenters. The second-order valence-corrected chi connectivity index (χ2v) is 6.72. The van der Waals surface area contributed by atoms with Gasteiger partial charge in [-0.15, -0.1) is 11.3 Å². The van der Waals surface area contributed by atoms with Crippen molar-refractivity contribution in [2.24, 2.45) is 0 Å². The number of aryl methyl sites for hydroxylation is 2. The van der Waals surface area contributed by atoms with Gasteiger partial charge < -0.3 is 9.47 Å². The van der Waals surface area contributed by atoms with Crippen LogP contribution in [0.1, 0.15) is 21.5 Å². The normalized spacial score (nSPS) is 10.5. The third-order valence-electron chi connectivity index (χ3n) is 4.18. The first-order valence-corrected chi connectivity index (χ1v) is 8.96. The lowest BCUT2D eigenvalue weighted by Gasteiger charge is -2.09. The van der Waals surface area contributed by atoms with E-state index in [4.69, 9.17) is 9.47 Å². The van der Waals surface area contributed by atoms with Crippen LogP contribution in [0.15, 0.2) is 41.8 Å². The number of anilines is 1. The van der Waals surface area contributed by atoms with E-state index in [2.05, 4.69) is 36.3 Å². The Morgan fingerprint density at radius 3 is 2.54 bits per heavy atom. The summed E-state index contributed by atoms with van der Waals surface area (Å²) in [4.78, 5) is 17.1. The summed E-state index contributed by atoms with van der Waals surface area (Å²) in [7, 11) is 3.09. The number of hydrogen-bond acceptors (Lipinski definition) is 5. The number of rotatable bonds is 5. The van der Waals surface area contributed by atoms with Crippen molar-refractivity contribution in [1.29, 1.82) is 0 Å². The van der Waals surface area contributed by atoms with E-state index in [9.17, 15) is 4.79 Å². The molecule has 1 amide bonds. The van der Waals surface area contributed by atoms with E-state index in [1.807, 2.05) is 11.4 Å². The van der Waals surface area contributed by atoms with Crippen LogP contribution in [-0.4, -0.2) is 25.1 Å². The summed E-state index contributed by atoms with van der Waals surface area (Å²) in [6.45, 7) is 4.15. The van der Waals surface area contributed by atoms with Gasteiger partial charge in [0.1, 0.15) is 11.5 Å². The monoisotopic (exact) mass is 368 g/mol. The summed E-state index contributed by atoms with van der Waals surface area (Å²) in [5, 5.41) is 5.31. The maximum absolute atomic E-state index is 12.6. The highest BCUT2D eigenvalue weighted by molar-refractivity contribution is 7.14. The number of carbonyl (C=O) groups is 1. The largest absolute Gasteiger partial charge is 0.497 e. The predicted molar refractivity (Wildman–Crippen MR) is 105 cm³/mol. The highest BCUT2D eigenvalue weighted by Crippen LogP contribution is 2.29. The molecule has 0 saturated carbocycles. The van der Waals surface area contributed by atoms with Crippen LogP contribution in [0.25, 0.3) is 11.3 Å². The molecular weight excluding hydrogens is 348 g/mol. The van der Waals surface area contributed by atoms with E-state index in [-0.39, 0.29) is 5.91 Å². The number of hydrogen-bond donors (Lipinski definition) is 1. The summed E-state index contributed by atoms with van der Waals surface area (Å²) in [6.07, 6.45) is 0. The lowest BCUT2D eigenvalue weighted by molar-refractivity contribution is 0.102. The molecule has 0 atom stereocenters. The Hall–Kier alpha value is -2.86. The molecule has 5 nitrogen and oxygen atoms in total. The molecule has 3 rings (SSSR count). The van der Waals surface area contributed by atoms with Crippen LogP contribution in [-0.2, 0) is 0 Å². The molecule has 1 aromatic heterocycles. The molecule has 0 radical (unpaired) electrons. The number of thiazole rings is 1. The minimum Gasteiger partial charge on any atom is -0.497 e. The Bertz CT molecular complexity index is 950. The van der Waals surface area contributed by atoms with Crippen LogP contribution in [0.5, 0.6) is 11.5 Å². The number of amides is 1. The molecule has 0 bridgehead atoms. The summed E-state index contributed by atoms with van der Waals surface area (Å²) in [5.41, 5.74) is 4.76. The molecule has 1 heterocycles. The molecule has 0 aliphatic heterocycles. The van der Waals surface area contributed by atoms with E-state index in [0.29, 0.717) is 22.2 Å². The van der Waals surface area contributed by atoms with Gasteiger partial charge in [-0.1, -0.05) is 12.1 Å². The fourth-order valence-electron chi connectivity index (χ4n) is 2.52. The molecule has 0 fully saturated rings. The maximum atomic E-state index is 12.6. The number of nitrogens with zero attached hydrogens (tertiary/aromatic N) is 1. The van der Waals surface area contributed by atoms with E-state index in [1.54, 1.807) is 25.3 Å². The van der Waals surface area contributed by atoms with Gasteiger partial charge in [0.2, 0.25) is 0 Å². The van der Waals surface area contributed by atoms with E-state index in [0.717, 1.165) is 11.3 Å². The molecule has 0 saturated heterocycles. The van der Waals surface area contributed by atoms with Crippen molar-refractivity contribution < 1.29 is 14.3 Å². The first-order valence-electron chi connectivity index (χ1n) is 8.08. The van der Waals surface area contributed by atoms with E-state index < -0.39 is 0 Å². The molecule has 6 heteroatoms. The topological polar surface area (TPSA) is 60.5 Å². The Morgan fingerprint density at radius 1 is 1.04 bits per heavy atom. The van der Waals surface area contributed by atoms with Crippen LogP contribution >= 0.6 is 11.3 Å². The molecule has 0 aliphatic rings. The molecule has 0 aliphatic carbocycles. The van der Waals surface area contributed by atoms with Crippen molar-refractivity contribution in [2.75, 3.05) is 19.5 Å². The number of methoxy groups -OCH3 is 2. The number of ether oxygens (including phenoxy) is 2. The Labute approximate surface area is 156 Å². The zero-order valence-electron chi connectivity index (χ0n) is 15.1. The zero-order chi connectivity index (χ0) is 18.7. The fourth-order valence-corrected chi connectivity index (χ4v) is 3.23. The maximum Gasteiger partial charge on any atom is 0.261 e.